The van der Waals surface area contributed by atoms with Crippen molar-refractivity contribution in [1.82, 2.24) is 0 Å². The summed E-state index contributed by atoms with van der Waals surface area (Å²) in [5.74, 6) is 0.198. The van der Waals surface area contributed by atoms with Gasteiger partial charge in [0.15, 0.2) is 5.78 Å². The number of nitrogens with one attached hydrogen (secondary N) is 1. The molecule has 2 aromatic carbocycles. The molecule has 1 N–H and O–H groups in total. The quantitative estimate of drug-likeness (QED) is 0.856. The first-order valence-corrected chi connectivity index (χ1v) is 8.99. The summed E-state index contributed by atoms with van der Waals surface area (Å²) in [6, 6.07) is 16.5. The second kappa shape index (κ2) is 7.62. The van der Waals surface area contributed by atoms with Gasteiger partial charge in [-0.05, 0) is 55.2 Å². The number of benzene rings is 2. The maximum Gasteiger partial charge on any atom is 0.196 e. The molecule has 1 saturated heterocycles. The first-order valence-electron chi connectivity index (χ1n) is 8.99. The van der Waals surface area contributed by atoms with Gasteiger partial charge in [-0.1, -0.05) is 48.5 Å². The minimum atomic E-state index is 0.198. The van der Waals surface area contributed by atoms with Crippen LogP contribution in [0.2, 0.25) is 0 Å². The maximum atomic E-state index is 13.1. The number of rotatable bonds is 3. The number of piperidine rings is 1. The molecule has 0 bridgehead atoms. The molecular formula is C23H26NO+. The fraction of sp³-hybridized carbons (Fsp3) is 0.261. The highest BCUT2D eigenvalue weighted by molar-refractivity contribution is 6.14. The van der Waals surface area contributed by atoms with Crippen LogP contribution in [-0.4, -0.2) is 25.4 Å². The minimum Gasteiger partial charge on any atom is -0.327 e. The van der Waals surface area contributed by atoms with Crippen molar-refractivity contribution in [3.8, 4) is 0 Å². The lowest BCUT2D eigenvalue weighted by atomic mass is 9.93. The van der Waals surface area contributed by atoms with E-state index in [4.69, 9.17) is 0 Å². The zero-order chi connectivity index (χ0) is 17.8. The number of likely N-dealkylation sites (N-methyl/N-ethyl adjacent to an activating group) is 1. The van der Waals surface area contributed by atoms with Crippen LogP contribution >= 0.6 is 0 Å². The molecule has 2 aromatic rings. The molecule has 1 aliphatic rings. The number of likely N-dealkylation sites (tertiary alicyclic amines) is 1. The number of ketones is 1. The average Bonchev–Trinajstić information content (AvgIpc) is 2.62. The van der Waals surface area contributed by atoms with E-state index in [1.54, 1.807) is 0 Å². The van der Waals surface area contributed by atoms with Crippen LogP contribution in [0.3, 0.4) is 0 Å². The molecule has 0 spiro atoms. The van der Waals surface area contributed by atoms with Crippen molar-refractivity contribution in [3.63, 3.8) is 0 Å². The van der Waals surface area contributed by atoms with Gasteiger partial charge in [-0.2, -0.15) is 0 Å². The molecule has 0 aromatic heterocycles. The van der Waals surface area contributed by atoms with E-state index in [2.05, 4.69) is 57.2 Å². The lowest BCUT2D eigenvalue weighted by Gasteiger charge is -2.26. The van der Waals surface area contributed by atoms with Gasteiger partial charge in [0.1, 0.15) is 13.1 Å². The number of hydrogen-bond donors (Lipinski definition) is 1. The number of carbonyl (C=O) groups excluding carboxylic acids is 1. The topological polar surface area (TPSA) is 21.5 Å². The largest absolute Gasteiger partial charge is 0.327 e. The van der Waals surface area contributed by atoms with Crippen LogP contribution in [0.1, 0.15) is 29.2 Å². The fourth-order valence-electron chi connectivity index (χ4n) is 3.32. The van der Waals surface area contributed by atoms with E-state index in [-0.39, 0.29) is 5.78 Å². The number of aryl methyl sites for hydroxylation is 2. The standard InChI is InChI=1S/C23H25NO/c1-4-24-15-21(13-19-11-7-5-9-17(19)2)23(25)22(16-24)14-20-12-8-6-10-18(20)3/h5-14H,4,15-16H2,1-3H3/p+1/b21-13+,22-14+. The van der Waals surface area contributed by atoms with Crippen molar-refractivity contribution in [2.24, 2.45) is 0 Å². The summed E-state index contributed by atoms with van der Waals surface area (Å²) >= 11 is 0. The summed E-state index contributed by atoms with van der Waals surface area (Å²) < 4.78 is 0. The summed E-state index contributed by atoms with van der Waals surface area (Å²) in [7, 11) is 0. The Hall–Kier alpha value is -2.45. The van der Waals surface area contributed by atoms with Crippen LogP contribution in [0.25, 0.3) is 12.2 Å². The Bertz CT molecular complexity index is 777. The van der Waals surface area contributed by atoms with Gasteiger partial charge < -0.3 is 4.90 Å². The zero-order valence-corrected chi connectivity index (χ0v) is 15.3. The molecule has 0 saturated carbocycles. The summed E-state index contributed by atoms with van der Waals surface area (Å²) in [4.78, 5) is 14.5. The summed E-state index contributed by atoms with van der Waals surface area (Å²) in [6.07, 6.45) is 4.16. The van der Waals surface area contributed by atoms with Gasteiger partial charge in [0, 0.05) is 0 Å². The lowest BCUT2D eigenvalue weighted by molar-refractivity contribution is -0.889. The van der Waals surface area contributed by atoms with Crippen LogP contribution in [-0.2, 0) is 4.79 Å². The summed E-state index contributed by atoms with van der Waals surface area (Å²) in [6.45, 7) is 8.98. The predicted octanol–water partition coefficient (Wildman–Crippen LogP) is 3.26. The van der Waals surface area contributed by atoms with Crippen LogP contribution in [0.5, 0.6) is 0 Å². The van der Waals surface area contributed by atoms with E-state index in [0.717, 1.165) is 41.9 Å². The Balaban J connectivity index is 2.00. The molecule has 128 valence electrons. The van der Waals surface area contributed by atoms with Crippen LogP contribution in [0.4, 0.5) is 0 Å². The highest BCUT2D eigenvalue weighted by Gasteiger charge is 2.28. The van der Waals surface area contributed by atoms with E-state index in [1.165, 1.54) is 16.0 Å². The molecular weight excluding hydrogens is 306 g/mol. The molecule has 25 heavy (non-hydrogen) atoms. The fourth-order valence-corrected chi connectivity index (χ4v) is 3.32. The normalized spacial score (nSPS) is 21.1. The Morgan fingerprint density at radius 3 is 1.68 bits per heavy atom. The maximum absolute atomic E-state index is 13.1. The van der Waals surface area contributed by atoms with Gasteiger partial charge in [-0.3, -0.25) is 4.79 Å². The highest BCUT2D eigenvalue weighted by atomic mass is 16.1. The Morgan fingerprint density at radius 2 is 1.28 bits per heavy atom. The monoisotopic (exact) mass is 332 g/mol. The van der Waals surface area contributed by atoms with E-state index in [9.17, 15) is 4.79 Å². The smallest absolute Gasteiger partial charge is 0.196 e. The Kier molecular flexibility index (Phi) is 5.30. The van der Waals surface area contributed by atoms with E-state index in [1.807, 2.05) is 24.3 Å². The van der Waals surface area contributed by atoms with Gasteiger partial charge in [0.05, 0.1) is 17.7 Å². The minimum absolute atomic E-state index is 0.198. The van der Waals surface area contributed by atoms with Crippen molar-refractivity contribution in [1.29, 1.82) is 0 Å². The molecule has 0 radical (unpaired) electrons. The Labute approximate surface area is 150 Å². The van der Waals surface area contributed by atoms with Crippen LogP contribution < -0.4 is 4.90 Å². The zero-order valence-electron chi connectivity index (χ0n) is 15.3. The first kappa shape index (κ1) is 17.4. The molecule has 1 aliphatic heterocycles. The molecule has 0 aliphatic carbocycles. The lowest BCUT2D eigenvalue weighted by Crippen LogP contribution is -3.13. The third kappa shape index (κ3) is 3.97. The van der Waals surface area contributed by atoms with Gasteiger partial charge in [0.2, 0.25) is 0 Å². The van der Waals surface area contributed by atoms with Gasteiger partial charge in [-0.25, -0.2) is 0 Å². The van der Waals surface area contributed by atoms with Gasteiger partial charge in [-0.15, -0.1) is 0 Å². The van der Waals surface area contributed by atoms with Crippen LogP contribution in [0.15, 0.2) is 59.7 Å². The molecule has 1 fully saturated rings. The molecule has 3 rings (SSSR count). The van der Waals surface area contributed by atoms with E-state index < -0.39 is 0 Å². The van der Waals surface area contributed by atoms with Gasteiger partial charge in [0.25, 0.3) is 0 Å². The van der Waals surface area contributed by atoms with Crippen molar-refractivity contribution in [2.45, 2.75) is 20.8 Å². The van der Waals surface area contributed by atoms with Gasteiger partial charge >= 0.3 is 0 Å². The SMILES string of the molecule is CC[NH+]1C/C(=C\c2ccccc2C)C(=O)/C(=C/c2ccccc2C)C1. The highest BCUT2D eigenvalue weighted by Crippen LogP contribution is 2.19. The summed E-state index contributed by atoms with van der Waals surface area (Å²) in [5, 5.41) is 0. The van der Waals surface area contributed by atoms with Crippen molar-refractivity contribution < 1.29 is 9.69 Å². The predicted molar refractivity (Wildman–Crippen MR) is 105 cm³/mol. The average molecular weight is 332 g/mol. The second-order valence-electron chi connectivity index (χ2n) is 6.84. The van der Waals surface area contributed by atoms with Crippen LogP contribution in [0, 0.1) is 13.8 Å². The third-order valence-electron chi connectivity index (χ3n) is 5.00. The van der Waals surface area contributed by atoms with Crippen molar-refractivity contribution in [3.05, 3.63) is 81.9 Å². The first-order chi connectivity index (χ1) is 12.1. The molecule has 1 heterocycles. The number of quaternary nitrogens is 1. The number of carbonyl (C=O) groups is 1. The van der Waals surface area contributed by atoms with Crippen molar-refractivity contribution in [2.75, 3.05) is 19.6 Å². The Morgan fingerprint density at radius 1 is 0.840 bits per heavy atom. The number of Topliss-reactive ketones (excluding diaryl/α,β-unsaturated/α-hetero) is 1. The molecule has 0 unspecified atom stereocenters. The molecule has 0 atom stereocenters. The van der Waals surface area contributed by atoms with E-state index >= 15 is 0 Å². The van der Waals surface area contributed by atoms with E-state index in [0.29, 0.717) is 0 Å². The second-order valence-corrected chi connectivity index (χ2v) is 6.84. The third-order valence-corrected chi connectivity index (χ3v) is 5.00. The molecule has 0 amide bonds. The molecule has 2 heteroatoms. The van der Waals surface area contributed by atoms with Crippen molar-refractivity contribution >= 4 is 17.9 Å². The number of hydrogen-bond acceptors (Lipinski definition) is 1. The molecule has 2 nitrogen and oxygen atoms in total. The summed E-state index contributed by atoms with van der Waals surface area (Å²) in [5.41, 5.74) is 6.51.